The van der Waals surface area contributed by atoms with Crippen molar-refractivity contribution in [1.82, 2.24) is 15.5 Å². The minimum Gasteiger partial charge on any atom is -0.369 e. The minimum absolute atomic E-state index is 0. The SMILES string of the molecule is CN=C(NCc1ccc(F)c(CN(C)C)c1)NC1CCN(c2ccc(C)cc2)C1.I. The Bertz CT molecular complexity index is 838. The molecular formula is C23H33FIN5. The molecule has 0 radical (unpaired) electrons. The first-order chi connectivity index (χ1) is 13.9. The van der Waals surface area contributed by atoms with E-state index in [4.69, 9.17) is 0 Å². The molecule has 1 atom stereocenters. The van der Waals surface area contributed by atoms with E-state index < -0.39 is 0 Å². The predicted octanol–water partition coefficient (Wildman–Crippen LogP) is 3.76. The highest BCUT2D eigenvalue weighted by molar-refractivity contribution is 14.0. The first-order valence-corrected chi connectivity index (χ1v) is 10.2. The summed E-state index contributed by atoms with van der Waals surface area (Å²) in [5, 5.41) is 6.88. The van der Waals surface area contributed by atoms with Crippen LogP contribution in [0.1, 0.15) is 23.1 Å². The van der Waals surface area contributed by atoms with Gasteiger partial charge in [-0.3, -0.25) is 4.99 Å². The van der Waals surface area contributed by atoms with Crippen molar-refractivity contribution in [3.63, 3.8) is 0 Å². The molecule has 2 aromatic carbocycles. The molecule has 1 aliphatic heterocycles. The van der Waals surface area contributed by atoms with Crippen LogP contribution in [0.5, 0.6) is 0 Å². The van der Waals surface area contributed by atoms with Gasteiger partial charge in [-0.1, -0.05) is 23.8 Å². The lowest BCUT2D eigenvalue weighted by atomic mass is 10.1. The van der Waals surface area contributed by atoms with Gasteiger partial charge in [-0.15, -0.1) is 24.0 Å². The fraction of sp³-hybridized carbons (Fsp3) is 0.435. The van der Waals surface area contributed by atoms with E-state index in [2.05, 4.69) is 51.7 Å². The smallest absolute Gasteiger partial charge is 0.191 e. The lowest BCUT2D eigenvalue weighted by Gasteiger charge is -2.20. The predicted molar refractivity (Wildman–Crippen MR) is 134 cm³/mol. The van der Waals surface area contributed by atoms with Crippen molar-refractivity contribution in [3.8, 4) is 0 Å². The monoisotopic (exact) mass is 525 g/mol. The van der Waals surface area contributed by atoms with Crippen LogP contribution in [0.4, 0.5) is 10.1 Å². The summed E-state index contributed by atoms with van der Waals surface area (Å²) in [4.78, 5) is 8.73. The number of halogens is 2. The molecule has 0 aromatic heterocycles. The zero-order chi connectivity index (χ0) is 20.8. The number of benzene rings is 2. The molecule has 0 spiro atoms. The van der Waals surface area contributed by atoms with Gasteiger partial charge in [0, 0.05) is 50.5 Å². The summed E-state index contributed by atoms with van der Waals surface area (Å²) in [6.45, 7) is 5.29. The summed E-state index contributed by atoms with van der Waals surface area (Å²) < 4.78 is 14.0. The van der Waals surface area contributed by atoms with Crippen molar-refractivity contribution >= 4 is 35.6 Å². The highest BCUT2D eigenvalue weighted by atomic mass is 127. The van der Waals surface area contributed by atoms with Gasteiger partial charge in [0.25, 0.3) is 0 Å². The molecule has 1 unspecified atom stereocenters. The standard InChI is InChI=1S/C23H32FN5.HI/c1-17-5-8-21(9-6-17)29-12-11-20(16-29)27-23(25-2)26-14-18-7-10-22(24)19(13-18)15-28(3)4;/h5-10,13,20H,11-12,14-16H2,1-4H3,(H2,25,26,27);1H. The minimum atomic E-state index is -0.160. The van der Waals surface area contributed by atoms with Crippen LogP contribution >= 0.6 is 24.0 Å². The Morgan fingerprint density at radius 1 is 1.20 bits per heavy atom. The maximum absolute atomic E-state index is 14.0. The molecule has 7 heteroatoms. The summed E-state index contributed by atoms with van der Waals surface area (Å²) in [6, 6.07) is 14.3. The Hall–Kier alpha value is -1.87. The van der Waals surface area contributed by atoms with Gasteiger partial charge in [-0.25, -0.2) is 4.39 Å². The second kappa shape index (κ2) is 11.5. The Balaban J connectivity index is 0.00000320. The van der Waals surface area contributed by atoms with Gasteiger partial charge in [-0.2, -0.15) is 0 Å². The van der Waals surface area contributed by atoms with E-state index in [9.17, 15) is 4.39 Å². The van der Waals surface area contributed by atoms with Crippen molar-refractivity contribution in [2.75, 3.05) is 39.1 Å². The third kappa shape index (κ3) is 6.84. The molecule has 0 bridgehead atoms. The van der Waals surface area contributed by atoms with Crippen molar-refractivity contribution in [2.45, 2.75) is 32.5 Å². The molecule has 5 nitrogen and oxygen atoms in total. The van der Waals surface area contributed by atoms with E-state index in [0.29, 0.717) is 24.7 Å². The first-order valence-electron chi connectivity index (χ1n) is 10.2. The highest BCUT2D eigenvalue weighted by Gasteiger charge is 2.23. The second-order valence-electron chi connectivity index (χ2n) is 8.00. The van der Waals surface area contributed by atoms with E-state index in [1.807, 2.05) is 31.1 Å². The van der Waals surface area contributed by atoms with Crippen LogP contribution in [-0.4, -0.2) is 51.1 Å². The lowest BCUT2D eigenvalue weighted by Crippen LogP contribution is -2.44. The number of hydrogen-bond acceptors (Lipinski definition) is 3. The lowest BCUT2D eigenvalue weighted by molar-refractivity contribution is 0.392. The van der Waals surface area contributed by atoms with Crippen molar-refractivity contribution in [3.05, 3.63) is 65.0 Å². The van der Waals surface area contributed by atoms with Crippen LogP contribution in [0.15, 0.2) is 47.5 Å². The number of nitrogens with zero attached hydrogens (tertiary/aromatic N) is 3. The number of anilines is 1. The Morgan fingerprint density at radius 3 is 2.60 bits per heavy atom. The summed E-state index contributed by atoms with van der Waals surface area (Å²) in [5.74, 6) is 0.617. The maximum atomic E-state index is 14.0. The number of hydrogen-bond donors (Lipinski definition) is 2. The van der Waals surface area contributed by atoms with Gasteiger partial charge in [0.1, 0.15) is 5.82 Å². The molecule has 2 aromatic rings. The summed E-state index contributed by atoms with van der Waals surface area (Å²) in [6.07, 6.45) is 1.07. The van der Waals surface area contributed by atoms with Gasteiger partial charge < -0.3 is 20.4 Å². The highest BCUT2D eigenvalue weighted by Crippen LogP contribution is 2.20. The van der Waals surface area contributed by atoms with E-state index in [0.717, 1.165) is 31.0 Å². The van der Waals surface area contributed by atoms with E-state index in [1.54, 1.807) is 13.1 Å². The summed E-state index contributed by atoms with van der Waals surface area (Å²) in [7, 11) is 5.67. The first kappa shape index (κ1) is 24.4. The average molecular weight is 525 g/mol. The van der Waals surface area contributed by atoms with Crippen molar-refractivity contribution in [1.29, 1.82) is 0 Å². The molecule has 2 N–H and O–H groups in total. The van der Waals surface area contributed by atoms with Crippen LogP contribution in [0.3, 0.4) is 0 Å². The number of aryl methyl sites for hydroxylation is 1. The summed E-state index contributed by atoms with van der Waals surface area (Å²) in [5.41, 5.74) is 4.30. The third-order valence-electron chi connectivity index (χ3n) is 5.21. The van der Waals surface area contributed by atoms with E-state index >= 15 is 0 Å². The van der Waals surface area contributed by atoms with E-state index in [-0.39, 0.29) is 29.8 Å². The number of nitrogens with one attached hydrogen (secondary N) is 2. The van der Waals surface area contributed by atoms with Crippen molar-refractivity contribution in [2.24, 2.45) is 4.99 Å². The quantitative estimate of drug-likeness (QED) is 0.343. The van der Waals surface area contributed by atoms with Crippen LogP contribution in [0.25, 0.3) is 0 Å². The zero-order valence-corrected chi connectivity index (χ0v) is 20.6. The number of aliphatic imine (C=N–C) groups is 1. The van der Waals surface area contributed by atoms with Gasteiger partial charge in [0.15, 0.2) is 5.96 Å². The maximum Gasteiger partial charge on any atom is 0.191 e. The number of rotatable bonds is 6. The molecule has 0 amide bonds. The molecule has 30 heavy (non-hydrogen) atoms. The molecule has 0 aliphatic carbocycles. The molecule has 3 rings (SSSR count). The third-order valence-corrected chi connectivity index (χ3v) is 5.21. The Morgan fingerprint density at radius 2 is 1.93 bits per heavy atom. The second-order valence-corrected chi connectivity index (χ2v) is 8.00. The fourth-order valence-corrected chi connectivity index (χ4v) is 3.64. The molecule has 0 saturated carbocycles. The molecule has 1 saturated heterocycles. The number of guanidine groups is 1. The van der Waals surface area contributed by atoms with Crippen LogP contribution in [0.2, 0.25) is 0 Å². The average Bonchev–Trinajstić information content (AvgIpc) is 3.16. The Kier molecular flexibility index (Phi) is 9.36. The van der Waals surface area contributed by atoms with Crippen LogP contribution in [-0.2, 0) is 13.1 Å². The zero-order valence-electron chi connectivity index (χ0n) is 18.3. The van der Waals surface area contributed by atoms with Gasteiger partial charge >= 0.3 is 0 Å². The van der Waals surface area contributed by atoms with Crippen LogP contribution in [0, 0.1) is 12.7 Å². The molecule has 1 aliphatic rings. The summed E-state index contributed by atoms with van der Waals surface area (Å²) >= 11 is 0. The largest absolute Gasteiger partial charge is 0.369 e. The van der Waals surface area contributed by atoms with Gasteiger partial charge in [-0.05, 0) is 57.3 Å². The Labute approximate surface area is 196 Å². The fourth-order valence-electron chi connectivity index (χ4n) is 3.64. The van der Waals surface area contributed by atoms with E-state index in [1.165, 1.54) is 11.3 Å². The normalized spacial score (nSPS) is 16.5. The molecule has 1 fully saturated rings. The van der Waals surface area contributed by atoms with Gasteiger partial charge in [0.05, 0.1) is 0 Å². The molecule has 1 heterocycles. The topological polar surface area (TPSA) is 42.9 Å². The van der Waals surface area contributed by atoms with Crippen LogP contribution < -0.4 is 15.5 Å². The molecular weight excluding hydrogens is 492 g/mol. The van der Waals surface area contributed by atoms with Crippen molar-refractivity contribution < 1.29 is 4.39 Å². The molecule has 164 valence electrons. The van der Waals surface area contributed by atoms with Gasteiger partial charge in [0.2, 0.25) is 0 Å².